The van der Waals surface area contributed by atoms with E-state index in [1.165, 1.54) is 0 Å². The minimum atomic E-state index is 0.126. The van der Waals surface area contributed by atoms with E-state index in [0.717, 1.165) is 29.3 Å². The Labute approximate surface area is 109 Å². The normalized spacial score (nSPS) is 11.6. The molecule has 0 aromatic heterocycles. The third-order valence-electron chi connectivity index (χ3n) is 2.68. The molecule has 2 nitrogen and oxygen atoms in total. The SMILES string of the molecule is CCc1cc(OCC(C)(C)CNC)ccc1Cl. The van der Waals surface area contributed by atoms with Gasteiger partial charge in [-0.15, -0.1) is 0 Å². The molecule has 1 aromatic carbocycles. The number of nitrogens with one attached hydrogen (secondary N) is 1. The summed E-state index contributed by atoms with van der Waals surface area (Å²) >= 11 is 6.07. The van der Waals surface area contributed by atoms with Crippen molar-refractivity contribution in [1.29, 1.82) is 0 Å². The maximum absolute atomic E-state index is 6.07. The van der Waals surface area contributed by atoms with Crippen LogP contribution in [0.2, 0.25) is 5.02 Å². The number of ether oxygens (including phenoxy) is 1. The maximum Gasteiger partial charge on any atom is 0.119 e. The molecule has 0 bridgehead atoms. The van der Waals surface area contributed by atoms with Crippen LogP contribution in [0.25, 0.3) is 0 Å². The first-order valence-electron chi connectivity index (χ1n) is 6.04. The van der Waals surface area contributed by atoms with Gasteiger partial charge in [-0.3, -0.25) is 0 Å². The van der Waals surface area contributed by atoms with Gasteiger partial charge in [-0.05, 0) is 37.2 Å². The van der Waals surface area contributed by atoms with Crippen LogP contribution in [-0.4, -0.2) is 20.2 Å². The number of halogens is 1. The summed E-state index contributed by atoms with van der Waals surface area (Å²) in [5.41, 5.74) is 1.26. The molecule has 0 saturated carbocycles. The summed E-state index contributed by atoms with van der Waals surface area (Å²) in [6.07, 6.45) is 0.927. The van der Waals surface area contributed by atoms with E-state index in [1.54, 1.807) is 0 Å². The molecule has 17 heavy (non-hydrogen) atoms. The summed E-state index contributed by atoms with van der Waals surface area (Å²) in [7, 11) is 1.96. The molecule has 96 valence electrons. The van der Waals surface area contributed by atoms with E-state index in [4.69, 9.17) is 16.3 Å². The molecule has 1 N–H and O–H groups in total. The van der Waals surface area contributed by atoms with Gasteiger partial charge in [0.05, 0.1) is 6.61 Å². The Balaban J connectivity index is 2.63. The van der Waals surface area contributed by atoms with Crippen LogP contribution in [0.4, 0.5) is 0 Å². The fraction of sp³-hybridized carbons (Fsp3) is 0.571. The van der Waals surface area contributed by atoms with Crippen molar-refractivity contribution in [2.75, 3.05) is 20.2 Å². The summed E-state index contributed by atoms with van der Waals surface area (Å²) in [5.74, 6) is 0.899. The second-order valence-corrected chi connectivity index (χ2v) is 5.50. The van der Waals surface area contributed by atoms with E-state index in [1.807, 2.05) is 25.2 Å². The molecule has 0 aliphatic heterocycles. The van der Waals surface area contributed by atoms with Crippen LogP contribution in [0, 0.1) is 5.41 Å². The van der Waals surface area contributed by atoms with Crippen molar-refractivity contribution in [2.45, 2.75) is 27.2 Å². The van der Waals surface area contributed by atoms with Gasteiger partial charge in [-0.2, -0.15) is 0 Å². The monoisotopic (exact) mass is 255 g/mol. The predicted octanol–water partition coefficient (Wildman–Crippen LogP) is 3.53. The van der Waals surface area contributed by atoms with Crippen molar-refractivity contribution in [3.8, 4) is 5.75 Å². The van der Waals surface area contributed by atoms with Crippen molar-refractivity contribution in [2.24, 2.45) is 5.41 Å². The molecule has 0 aliphatic rings. The van der Waals surface area contributed by atoms with Gasteiger partial charge >= 0.3 is 0 Å². The number of hydrogen-bond acceptors (Lipinski definition) is 2. The molecule has 0 atom stereocenters. The standard InChI is InChI=1S/C14H22ClNO/c1-5-11-8-12(6-7-13(11)15)17-10-14(2,3)9-16-4/h6-8,16H,5,9-10H2,1-4H3. The van der Waals surface area contributed by atoms with Crippen LogP contribution in [-0.2, 0) is 6.42 Å². The molecule has 0 radical (unpaired) electrons. The third-order valence-corrected chi connectivity index (χ3v) is 3.05. The molecule has 0 aliphatic carbocycles. The van der Waals surface area contributed by atoms with E-state index < -0.39 is 0 Å². The highest BCUT2D eigenvalue weighted by atomic mass is 35.5. The highest BCUT2D eigenvalue weighted by molar-refractivity contribution is 6.31. The quantitative estimate of drug-likeness (QED) is 0.840. The van der Waals surface area contributed by atoms with E-state index >= 15 is 0 Å². The van der Waals surface area contributed by atoms with Gasteiger partial charge in [-0.25, -0.2) is 0 Å². The van der Waals surface area contributed by atoms with Crippen LogP contribution >= 0.6 is 11.6 Å². The lowest BCUT2D eigenvalue weighted by atomic mass is 9.95. The Bertz CT molecular complexity index is 363. The Morgan fingerprint density at radius 3 is 2.65 bits per heavy atom. The fourth-order valence-corrected chi connectivity index (χ4v) is 1.97. The fourth-order valence-electron chi connectivity index (χ4n) is 1.72. The average molecular weight is 256 g/mol. The first-order chi connectivity index (χ1) is 7.98. The lowest BCUT2D eigenvalue weighted by Gasteiger charge is -2.24. The van der Waals surface area contributed by atoms with Gasteiger partial charge in [0.15, 0.2) is 0 Å². The summed E-state index contributed by atoms with van der Waals surface area (Å²) in [4.78, 5) is 0. The lowest BCUT2D eigenvalue weighted by molar-refractivity contribution is 0.179. The molecule has 0 fully saturated rings. The van der Waals surface area contributed by atoms with Gasteiger partial charge in [0, 0.05) is 17.0 Å². The molecule has 1 aromatic rings. The predicted molar refractivity (Wildman–Crippen MR) is 74.0 cm³/mol. The largest absolute Gasteiger partial charge is 0.493 e. The van der Waals surface area contributed by atoms with Gasteiger partial charge in [0.2, 0.25) is 0 Å². The smallest absolute Gasteiger partial charge is 0.119 e. The molecule has 0 spiro atoms. The van der Waals surface area contributed by atoms with Crippen LogP contribution < -0.4 is 10.1 Å². The topological polar surface area (TPSA) is 21.3 Å². The van der Waals surface area contributed by atoms with Crippen molar-refractivity contribution >= 4 is 11.6 Å². The second kappa shape index (κ2) is 6.27. The van der Waals surface area contributed by atoms with Crippen molar-refractivity contribution in [3.05, 3.63) is 28.8 Å². The van der Waals surface area contributed by atoms with E-state index in [2.05, 4.69) is 26.1 Å². The van der Waals surface area contributed by atoms with Gasteiger partial charge < -0.3 is 10.1 Å². The molecule has 0 unspecified atom stereocenters. The lowest BCUT2D eigenvalue weighted by Crippen LogP contribution is -2.32. The van der Waals surface area contributed by atoms with Crippen LogP contribution in [0.15, 0.2) is 18.2 Å². The van der Waals surface area contributed by atoms with Gasteiger partial charge in [0.25, 0.3) is 0 Å². The second-order valence-electron chi connectivity index (χ2n) is 5.09. The highest BCUT2D eigenvalue weighted by Crippen LogP contribution is 2.24. The van der Waals surface area contributed by atoms with Crippen molar-refractivity contribution in [1.82, 2.24) is 5.32 Å². The zero-order valence-corrected chi connectivity index (χ0v) is 11.9. The van der Waals surface area contributed by atoms with E-state index in [0.29, 0.717) is 6.61 Å². The van der Waals surface area contributed by atoms with Crippen LogP contribution in [0.1, 0.15) is 26.3 Å². The first kappa shape index (κ1) is 14.3. The highest BCUT2D eigenvalue weighted by Gasteiger charge is 2.17. The number of aryl methyl sites for hydroxylation is 1. The molecule has 0 heterocycles. The van der Waals surface area contributed by atoms with E-state index in [-0.39, 0.29) is 5.41 Å². The zero-order chi connectivity index (χ0) is 12.9. The molecular weight excluding hydrogens is 234 g/mol. The van der Waals surface area contributed by atoms with Crippen molar-refractivity contribution in [3.63, 3.8) is 0 Å². The molecule has 0 saturated heterocycles. The minimum Gasteiger partial charge on any atom is -0.493 e. The molecule has 3 heteroatoms. The zero-order valence-electron chi connectivity index (χ0n) is 11.1. The third kappa shape index (κ3) is 4.57. The Morgan fingerprint density at radius 1 is 1.35 bits per heavy atom. The number of hydrogen-bond donors (Lipinski definition) is 1. The van der Waals surface area contributed by atoms with E-state index in [9.17, 15) is 0 Å². The van der Waals surface area contributed by atoms with Crippen LogP contribution in [0.3, 0.4) is 0 Å². The van der Waals surface area contributed by atoms with Crippen LogP contribution in [0.5, 0.6) is 5.75 Å². The summed E-state index contributed by atoms with van der Waals surface area (Å²) < 4.78 is 5.82. The van der Waals surface area contributed by atoms with Gasteiger partial charge in [-0.1, -0.05) is 32.4 Å². The van der Waals surface area contributed by atoms with Gasteiger partial charge in [0.1, 0.15) is 5.75 Å². The summed E-state index contributed by atoms with van der Waals surface area (Å²) in [6, 6.07) is 5.86. The Morgan fingerprint density at radius 2 is 2.06 bits per heavy atom. The molecular formula is C14H22ClNO. The van der Waals surface area contributed by atoms with Crippen molar-refractivity contribution < 1.29 is 4.74 Å². The summed E-state index contributed by atoms with van der Waals surface area (Å²) in [5, 5.41) is 3.99. The average Bonchev–Trinajstić information content (AvgIpc) is 2.28. The number of rotatable bonds is 6. The maximum atomic E-state index is 6.07. The minimum absolute atomic E-state index is 0.126. The number of benzene rings is 1. The Kier molecular flexibility index (Phi) is 5.29. The Hall–Kier alpha value is -0.730. The first-order valence-corrected chi connectivity index (χ1v) is 6.42. The molecule has 1 rings (SSSR count). The summed E-state index contributed by atoms with van der Waals surface area (Å²) in [6.45, 7) is 8.08. The molecule has 0 amide bonds.